The Bertz CT molecular complexity index is 1590. The molecule has 6 rings (SSSR count). The summed E-state index contributed by atoms with van der Waals surface area (Å²) in [6.45, 7) is 0. The number of nitrogens with zero attached hydrogens (tertiary/aromatic N) is 1. The van der Waals surface area contributed by atoms with Crippen LogP contribution in [0.2, 0.25) is 0 Å². The minimum absolute atomic E-state index is 0.474. The summed E-state index contributed by atoms with van der Waals surface area (Å²) in [7, 11) is -1.48. The third-order valence-corrected chi connectivity index (χ3v) is 6.56. The van der Waals surface area contributed by atoms with Crippen LogP contribution in [0.15, 0.2) is 121 Å². The Morgan fingerprint density at radius 3 is 1.49 bits per heavy atom. The van der Waals surface area contributed by atoms with E-state index in [0.717, 1.165) is 55.1 Å². The monoisotopic (exact) mass is 451 g/mol. The van der Waals surface area contributed by atoms with Crippen LogP contribution < -0.4 is 5.46 Å². The predicted octanol–water partition coefficient (Wildman–Crippen LogP) is 6.07. The number of aromatic nitrogens is 1. The summed E-state index contributed by atoms with van der Waals surface area (Å²) in [4.78, 5) is 4.90. The maximum absolute atomic E-state index is 9.53. The summed E-state index contributed by atoms with van der Waals surface area (Å²) >= 11 is 0. The highest BCUT2D eigenvalue weighted by atomic mass is 16.4. The standard InChI is InChI=1S/C31H22BNO2/c34-32(35)24-17-14-22(15-18-24)30-25-10-4-6-12-27(25)31(28-13-7-5-11-26(28)30)29-19-16-23(20-33-29)21-8-2-1-3-9-21/h1-20,34-35H. The maximum atomic E-state index is 9.53. The second-order valence-corrected chi connectivity index (χ2v) is 8.63. The first kappa shape index (κ1) is 21.3. The molecule has 0 unspecified atom stereocenters. The lowest BCUT2D eigenvalue weighted by atomic mass is 9.79. The van der Waals surface area contributed by atoms with Crippen LogP contribution in [0.1, 0.15) is 0 Å². The molecule has 3 nitrogen and oxygen atoms in total. The Balaban J connectivity index is 1.60. The van der Waals surface area contributed by atoms with Crippen LogP contribution in [0.25, 0.3) is 55.1 Å². The van der Waals surface area contributed by atoms with Crippen molar-refractivity contribution in [3.8, 4) is 33.5 Å². The Hall–Kier alpha value is -4.25. The molecule has 0 saturated heterocycles. The van der Waals surface area contributed by atoms with Gasteiger partial charge in [0.1, 0.15) is 0 Å². The van der Waals surface area contributed by atoms with Crippen LogP contribution in [0.4, 0.5) is 0 Å². The van der Waals surface area contributed by atoms with Crippen molar-refractivity contribution >= 4 is 34.1 Å². The summed E-state index contributed by atoms with van der Waals surface area (Å²) in [5, 5.41) is 23.6. The molecule has 0 radical (unpaired) electrons. The fourth-order valence-corrected chi connectivity index (χ4v) is 4.88. The van der Waals surface area contributed by atoms with Crippen molar-refractivity contribution in [2.45, 2.75) is 0 Å². The van der Waals surface area contributed by atoms with E-state index in [1.165, 1.54) is 0 Å². The second kappa shape index (κ2) is 8.84. The summed E-state index contributed by atoms with van der Waals surface area (Å²) in [6, 6.07) is 38.8. The van der Waals surface area contributed by atoms with Gasteiger partial charge in [-0.1, -0.05) is 109 Å². The molecule has 0 aliphatic carbocycles. The van der Waals surface area contributed by atoms with E-state index in [4.69, 9.17) is 4.98 Å². The topological polar surface area (TPSA) is 53.4 Å². The zero-order chi connectivity index (χ0) is 23.8. The van der Waals surface area contributed by atoms with E-state index in [1.807, 2.05) is 36.5 Å². The lowest BCUT2D eigenvalue weighted by Crippen LogP contribution is -2.29. The maximum Gasteiger partial charge on any atom is 0.488 e. The van der Waals surface area contributed by atoms with Gasteiger partial charge in [0, 0.05) is 17.3 Å². The fourth-order valence-electron chi connectivity index (χ4n) is 4.88. The molecule has 5 aromatic carbocycles. The van der Waals surface area contributed by atoms with Gasteiger partial charge in [0.15, 0.2) is 0 Å². The van der Waals surface area contributed by atoms with E-state index in [1.54, 1.807) is 12.1 Å². The smallest absolute Gasteiger partial charge is 0.423 e. The first-order chi connectivity index (χ1) is 17.2. The summed E-state index contributed by atoms with van der Waals surface area (Å²) < 4.78 is 0. The minimum atomic E-state index is -1.48. The molecule has 0 aliphatic heterocycles. The van der Waals surface area contributed by atoms with Crippen molar-refractivity contribution in [1.82, 2.24) is 4.98 Å². The van der Waals surface area contributed by atoms with E-state index in [-0.39, 0.29) is 0 Å². The highest BCUT2D eigenvalue weighted by molar-refractivity contribution is 6.58. The molecule has 1 heterocycles. The molecule has 166 valence electrons. The average molecular weight is 451 g/mol. The first-order valence-electron chi connectivity index (χ1n) is 11.6. The molecule has 0 amide bonds. The molecule has 1 aromatic heterocycles. The van der Waals surface area contributed by atoms with Gasteiger partial charge in [-0.3, -0.25) is 4.98 Å². The third kappa shape index (κ3) is 3.79. The van der Waals surface area contributed by atoms with Crippen molar-refractivity contribution in [2.75, 3.05) is 0 Å². The molecule has 2 N–H and O–H groups in total. The molecule has 0 atom stereocenters. The van der Waals surface area contributed by atoms with Gasteiger partial charge >= 0.3 is 7.12 Å². The van der Waals surface area contributed by atoms with E-state index >= 15 is 0 Å². The SMILES string of the molecule is OB(O)c1ccc(-c2c3ccccc3c(-c3ccc(-c4ccccc4)cn3)c3ccccc23)cc1. The Labute approximate surface area is 204 Å². The molecule has 6 aromatic rings. The normalized spacial score (nSPS) is 11.1. The molecule has 35 heavy (non-hydrogen) atoms. The van der Waals surface area contributed by atoms with Gasteiger partial charge in [0.25, 0.3) is 0 Å². The van der Waals surface area contributed by atoms with Gasteiger partial charge in [0.2, 0.25) is 0 Å². The van der Waals surface area contributed by atoms with Crippen LogP contribution in [0.5, 0.6) is 0 Å². The molecule has 0 saturated carbocycles. The molecule has 4 heteroatoms. The largest absolute Gasteiger partial charge is 0.488 e. The fraction of sp³-hybridized carbons (Fsp3) is 0. The summed E-state index contributed by atoms with van der Waals surface area (Å²) in [5.74, 6) is 0. The number of rotatable bonds is 4. The molecule has 0 spiro atoms. The van der Waals surface area contributed by atoms with E-state index in [2.05, 4.69) is 72.8 Å². The van der Waals surface area contributed by atoms with Crippen LogP contribution in [-0.4, -0.2) is 22.2 Å². The van der Waals surface area contributed by atoms with Gasteiger partial charge < -0.3 is 10.0 Å². The van der Waals surface area contributed by atoms with E-state index in [0.29, 0.717) is 5.46 Å². The molecular weight excluding hydrogens is 429 g/mol. The Kier molecular flexibility index (Phi) is 5.38. The zero-order valence-electron chi connectivity index (χ0n) is 19.0. The molecule has 0 fully saturated rings. The third-order valence-electron chi connectivity index (χ3n) is 6.56. The zero-order valence-corrected chi connectivity index (χ0v) is 19.0. The van der Waals surface area contributed by atoms with Crippen molar-refractivity contribution in [3.05, 3.63) is 121 Å². The van der Waals surface area contributed by atoms with E-state index < -0.39 is 7.12 Å². The number of fused-ring (bicyclic) bond motifs is 2. The Morgan fingerprint density at radius 1 is 0.457 bits per heavy atom. The second-order valence-electron chi connectivity index (χ2n) is 8.63. The van der Waals surface area contributed by atoms with Gasteiger partial charge in [0.05, 0.1) is 5.69 Å². The van der Waals surface area contributed by atoms with Gasteiger partial charge in [-0.15, -0.1) is 0 Å². The number of benzene rings is 5. The quantitative estimate of drug-likeness (QED) is 0.253. The van der Waals surface area contributed by atoms with Crippen LogP contribution in [0.3, 0.4) is 0 Å². The van der Waals surface area contributed by atoms with Crippen LogP contribution in [0, 0.1) is 0 Å². The lowest BCUT2D eigenvalue weighted by molar-refractivity contribution is 0.426. The lowest BCUT2D eigenvalue weighted by Gasteiger charge is -2.17. The predicted molar refractivity (Wildman–Crippen MR) is 145 cm³/mol. The highest BCUT2D eigenvalue weighted by Crippen LogP contribution is 2.43. The number of hydrogen-bond donors (Lipinski definition) is 2. The van der Waals surface area contributed by atoms with E-state index in [9.17, 15) is 10.0 Å². The number of pyridine rings is 1. The summed E-state index contributed by atoms with van der Waals surface area (Å²) in [6.07, 6.45) is 1.95. The van der Waals surface area contributed by atoms with Crippen molar-refractivity contribution in [3.63, 3.8) is 0 Å². The molecule has 0 bridgehead atoms. The van der Waals surface area contributed by atoms with Gasteiger partial charge in [-0.25, -0.2) is 0 Å². The Morgan fingerprint density at radius 2 is 0.971 bits per heavy atom. The first-order valence-corrected chi connectivity index (χ1v) is 11.6. The van der Waals surface area contributed by atoms with Crippen LogP contribution in [-0.2, 0) is 0 Å². The highest BCUT2D eigenvalue weighted by Gasteiger charge is 2.18. The van der Waals surface area contributed by atoms with Crippen LogP contribution >= 0.6 is 0 Å². The summed E-state index contributed by atoms with van der Waals surface area (Å²) in [5.41, 5.74) is 6.91. The number of hydrogen-bond acceptors (Lipinski definition) is 3. The van der Waals surface area contributed by atoms with Crippen molar-refractivity contribution < 1.29 is 10.0 Å². The minimum Gasteiger partial charge on any atom is -0.423 e. The van der Waals surface area contributed by atoms with Crippen molar-refractivity contribution in [2.24, 2.45) is 0 Å². The molecular formula is C31H22BNO2. The van der Waals surface area contributed by atoms with Crippen molar-refractivity contribution in [1.29, 1.82) is 0 Å². The average Bonchev–Trinajstić information content (AvgIpc) is 2.92. The van der Waals surface area contributed by atoms with Gasteiger partial charge in [-0.2, -0.15) is 0 Å². The van der Waals surface area contributed by atoms with Gasteiger partial charge in [-0.05, 0) is 49.8 Å². The molecule has 0 aliphatic rings.